The van der Waals surface area contributed by atoms with Crippen molar-refractivity contribution in [2.75, 3.05) is 20.3 Å². The lowest BCUT2D eigenvalue weighted by molar-refractivity contribution is 0.0441. The molecule has 0 aliphatic rings. The van der Waals surface area contributed by atoms with Crippen LogP contribution in [0.2, 0.25) is 0 Å². The van der Waals surface area contributed by atoms with E-state index in [1.807, 2.05) is 18.2 Å². The van der Waals surface area contributed by atoms with Crippen LogP contribution in [0.3, 0.4) is 0 Å². The van der Waals surface area contributed by atoms with E-state index in [9.17, 15) is 5.11 Å². The first kappa shape index (κ1) is 20.8. The lowest BCUT2D eigenvalue weighted by Crippen LogP contribution is -2.43. The molecule has 138 valence electrons. The highest BCUT2D eigenvalue weighted by Gasteiger charge is 2.22. The quantitative estimate of drug-likeness (QED) is 0.782. The fraction of sp³-hybridized carbons (Fsp3) is 0.700. The number of ether oxygens (including phenoxy) is 2. The van der Waals surface area contributed by atoms with E-state index in [4.69, 9.17) is 9.47 Å². The summed E-state index contributed by atoms with van der Waals surface area (Å²) in [5.41, 5.74) is 1.02. The van der Waals surface area contributed by atoms with Gasteiger partial charge in [0.05, 0.1) is 7.11 Å². The third-order valence-electron chi connectivity index (χ3n) is 4.17. The summed E-state index contributed by atoms with van der Waals surface area (Å²) in [6.45, 7) is 15.9. The third kappa shape index (κ3) is 5.99. The molecule has 1 aromatic carbocycles. The molecular weight excluding hydrogens is 302 g/mol. The first-order chi connectivity index (χ1) is 11.1. The average Bonchev–Trinajstić information content (AvgIpc) is 2.48. The van der Waals surface area contributed by atoms with E-state index in [2.05, 4.69) is 53.4 Å². The van der Waals surface area contributed by atoms with E-state index in [0.29, 0.717) is 18.6 Å². The summed E-state index contributed by atoms with van der Waals surface area (Å²) >= 11 is 0. The van der Waals surface area contributed by atoms with E-state index in [-0.39, 0.29) is 12.0 Å². The molecule has 0 aromatic heterocycles. The zero-order chi connectivity index (χ0) is 18.5. The first-order valence-corrected chi connectivity index (χ1v) is 8.81. The first-order valence-electron chi connectivity index (χ1n) is 8.81. The Bertz CT molecular complexity index is 498. The number of nitrogens with zero attached hydrogens (tertiary/aromatic N) is 1. The van der Waals surface area contributed by atoms with Crippen molar-refractivity contribution < 1.29 is 14.6 Å². The summed E-state index contributed by atoms with van der Waals surface area (Å²) in [4.78, 5) is 2.27. The van der Waals surface area contributed by atoms with E-state index < -0.39 is 6.10 Å². The lowest BCUT2D eigenvalue weighted by Gasteiger charge is -2.32. The molecule has 0 aliphatic heterocycles. The number of aliphatic hydroxyl groups excluding tert-OH is 1. The van der Waals surface area contributed by atoms with E-state index in [0.717, 1.165) is 17.1 Å². The Balaban J connectivity index is 2.80. The van der Waals surface area contributed by atoms with Gasteiger partial charge in [-0.25, -0.2) is 0 Å². The number of hydrogen-bond acceptors (Lipinski definition) is 4. The average molecular weight is 338 g/mol. The van der Waals surface area contributed by atoms with Gasteiger partial charge >= 0.3 is 0 Å². The fourth-order valence-corrected chi connectivity index (χ4v) is 2.85. The maximum atomic E-state index is 10.4. The van der Waals surface area contributed by atoms with Crippen molar-refractivity contribution in [3.63, 3.8) is 0 Å². The Morgan fingerprint density at radius 2 is 1.67 bits per heavy atom. The predicted molar refractivity (Wildman–Crippen MR) is 100 cm³/mol. The lowest BCUT2D eigenvalue weighted by atomic mass is 9.86. The molecule has 0 unspecified atom stereocenters. The molecule has 0 bridgehead atoms. The van der Waals surface area contributed by atoms with Crippen LogP contribution < -0.4 is 9.47 Å². The van der Waals surface area contributed by atoms with Crippen LogP contribution in [0.5, 0.6) is 11.5 Å². The number of benzene rings is 1. The highest BCUT2D eigenvalue weighted by molar-refractivity contribution is 5.44. The Labute approximate surface area is 147 Å². The Hall–Kier alpha value is -1.26. The van der Waals surface area contributed by atoms with Gasteiger partial charge in [0, 0.05) is 24.2 Å². The van der Waals surface area contributed by atoms with Gasteiger partial charge in [0.1, 0.15) is 24.2 Å². The normalized spacial score (nSPS) is 13.7. The van der Waals surface area contributed by atoms with Crippen molar-refractivity contribution in [2.45, 2.75) is 72.1 Å². The molecule has 4 nitrogen and oxygen atoms in total. The van der Waals surface area contributed by atoms with Crippen molar-refractivity contribution in [1.82, 2.24) is 4.90 Å². The van der Waals surface area contributed by atoms with Gasteiger partial charge in [-0.05, 0) is 51.3 Å². The number of rotatable bonds is 8. The SMILES string of the molecule is COc1ccc(OC[C@@H](O)CN(C(C)C)C(C)C)c(C(C)(C)C)c1. The monoisotopic (exact) mass is 337 g/mol. The summed E-state index contributed by atoms with van der Waals surface area (Å²) in [6.07, 6.45) is -0.523. The Morgan fingerprint density at radius 3 is 2.12 bits per heavy atom. The summed E-state index contributed by atoms with van der Waals surface area (Å²) in [6, 6.07) is 6.62. The van der Waals surface area contributed by atoms with Crippen LogP contribution in [0.1, 0.15) is 54.0 Å². The van der Waals surface area contributed by atoms with Crippen LogP contribution in [-0.4, -0.2) is 48.5 Å². The van der Waals surface area contributed by atoms with Crippen molar-refractivity contribution >= 4 is 0 Å². The number of methoxy groups -OCH3 is 1. The molecule has 0 saturated heterocycles. The second-order valence-electron chi connectivity index (χ2n) is 7.96. The number of aliphatic hydroxyl groups is 1. The Kier molecular flexibility index (Phi) is 7.56. The zero-order valence-corrected chi connectivity index (χ0v) is 16.6. The molecule has 1 aromatic rings. The molecule has 0 amide bonds. The molecule has 1 atom stereocenters. The van der Waals surface area contributed by atoms with Gasteiger partial charge < -0.3 is 14.6 Å². The van der Waals surface area contributed by atoms with Gasteiger partial charge in [0.2, 0.25) is 0 Å². The zero-order valence-electron chi connectivity index (χ0n) is 16.6. The van der Waals surface area contributed by atoms with Crippen molar-refractivity contribution in [2.24, 2.45) is 0 Å². The van der Waals surface area contributed by atoms with Gasteiger partial charge in [0.15, 0.2) is 0 Å². The second kappa shape index (κ2) is 8.72. The summed E-state index contributed by atoms with van der Waals surface area (Å²) in [7, 11) is 1.67. The van der Waals surface area contributed by atoms with Crippen LogP contribution in [0, 0.1) is 0 Å². The van der Waals surface area contributed by atoms with Crippen molar-refractivity contribution in [3.8, 4) is 11.5 Å². The molecule has 0 radical (unpaired) electrons. The minimum Gasteiger partial charge on any atom is -0.497 e. The van der Waals surface area contributed by atoms with Crippen LogP contribution in [0.4, 0.5) is 0 Å². The Morgan fingerprint density at radius 1 is 1.08 bits per heavy atom. The molecule has 0 heterocycles. The topological polar surface area (TPSA) is 41.9 Å². The van der Waals surface area contributed by atoms with Gasteiger partial charge in [-0.2, -0.15) is 0 Å². The van der Waals surface area contributed by atoms with Crippen molar-refractivity contribution in [3.05, 3.63) is 23.8 Å². The van der Waals surface area contributed by atoms with E-state index in [1.54, 1.807) is 7.11 Å². The molecular formula is C20H35NO3. The summed E-state index contributed by atoms with van der Waals surface area (Å²) < 4.78 is 11.3. The highest BCUT2D eigenvalue weighted by atomic mass is 16.5. The fourth-order valence-electron chi connectivity index (χ4n) is 2.85. The van der Waals surface area contributed by atoms with E-state index >= 15 is 0 Å². The van der Waals surface area contributed by atoms with Gasteiger partial charge in [-0.1, -0.05) is 20.8 Å². The van der Waals surface area contributed by atoms with Gasteiger partial charge in [0.25, 0.3) is 0 Å². The maximum Gasteiger partial charge on any atom is 0.123 e. The summed E-state index contributed by atoms with van der Waals surface area (Å²) in [5.74, 6) is 1.63. The standard InChI is InChI=1S/C20H35NO3/c1-14(2)21(15(3)4)12-16(22)13-24-19-10-9-17(23-8)11-18(19)20(5,6)7/h9-11,14-16,22H,12-13H2,1-8H3/t16-/m0/s1. The molecule has 0 spiro atoms. The smallest absolute Gasteiger partial charge is 0.123 e. The molecule has 4 heteroatoms. The van der Waals surface area contributed by atoms with Crippen LogP contribution in [-0.2, 0) is 5.41 Å². The second-order valence-corrected chi connectivity index (χ2v) is 7.96. The molecule has 1 rings (SSSR count). The van der Waals surface area contributed by atoms with E-state index in [1.165, 1.54) is 0 Å². The largest absolute Gasteiger partial charge is 0.497 e. The van der Waals surface area contributed by atoms with Crippen molar-refractivity contribution in [1.29, 1.82) is 0 Å². The molecule has 1 N–H and O–H groups in total. The summed E-state index contributed by atoms with van der Waals surface area (Å²) in [5, 5.41) is 10.4. The number of hydrogen-bond donors (Lipinski definition) is 1. The molecule has 0 aliphatic carbocycles. The van der Waals surface area contributed by atoms with Crippen LogP contribution in [0.25, 0.3) is 0 Å². The molecule has 24 heavy (non-hydrogen) atoms. The molecule has 0 fully saturated rings. The minimum atomic E-state index is -0.523. The van der Waals surface area contributed by atoms with Gasteiger partial charge in [-0.3, -0.25) is 4.90 Å². The van der Waals surface area contributed by atoms with Crippen LogP contribution >= 0.6 is 0 Å². The molecule has 0 saturated carbocycles. The van der Waals surface area contributed by atoms with Gasteiger partial charge in [-0.15, -0.1) is 0 Å². The maximum absolute atomic E-state index is 10.4. The highest BCUT2D eigenvalue weighted by Crippen LogP contribution is 2.34. The van der Waals surface area contributed by atoms with Crippen LogP contribution in [0.15, 0.2) is 18.2 Å². The third-order valence-corrected chi connectivity index (χ3v) is 4.17. The minimum absolute atomic E-state index is 0.0588. The predicted octanol–water partition coefficient (Wildman–Crippen LogP) is 3.85.